The molecule has 126 valence electrons. The number of aliphatic hydroxyl groups excluding tert-OH is 1. The molecular weight excluding hydrogens is 280 g/mol. The van der Waals surface area contributed by atoms with Crippen molar-refractivity contribution in [2.45, 2.75) is 70.9 Å². The Labute approximate surface area is 133 Å². The number of carbonyl (C=O) groups excluding carboxylic acids is 2. The van der Waals surface area contributed by atoms with E-state index in [9.17, 15) is 14.7 Å². The molecule has 2 fully saturated rings. The van der Waals surface area contributed by atoms with Crippen molar-refractivity contribution in [2.24, 2.45) is 11.8 Å². The van der Waals surface area contributed by atoms with Gasteiger partial charge in [0.2, 0.25) is 11.8 Å². The first-order chi connectivity index (χ1) is 10.5. The van der Waals surface area contributed by atoms with Gasteiger partial charge in [-0.05, 0) is 38.0 Å². The predicted molar refractivity (Wildman–Crippen MR) is 85.2 cm³/mol. The number of likely N-dealkylation sites (tertiary alicyclic amines) is 1. The van der Waals surface area contributed by atoms with E-state index < -0.39 is 6.10 Å². The minimum Gasteiger partial charge on any atom is -0.391 e. The van der Waals surface area contributed by atoms with Crippen LogP contribution in [0, 0.1) is 11.8 Å². The standard InChI is InChI=1S/C17H30N2O3/c1-3-4-15(20)10-18-17(22)13-9-16(21)19(11-13)14-7-5-12(2)6-8-14/h12-15,20H,3-11H2,1-2H3,(H,18,22). The van der Waals surface area contributed by atoms with Crippen molar-refractivity contribution in [3.63, 3.8) is 0 Å². The Balaban J connectivity index is 1.80. The third kappa shape index (κ3) is 4.45. The van der Waals surface area contributed by atoms with Gasteiger partial charge in [0.25, 0.3) is 0 Å². The maximum absolute atomic E-state index is 12.2. The molecule has 2 N–H and O–H groups in total. The van der Waals surface area contributed by atoms with Gasteiger partial charge in [0, 0.05) is 25.6 Å². The molecule has 1 heterocycles. The highest BCUT2D eigenvalue weighted by molar-refractivity contribution is 5.89. The monoisotopic (exact) mass is 310 g/mol. The minimum absolute atomic E-state index is 0.0878. The summed E-state index contributed by atoms with van der Waals surface area (Å²) in [6, 6.07) is 0.326. The Morgan fingerprint density at radius 1 is 1.36 bits per heavy atom. The lowest BCUT2D eigenvalue weighted by atomic mass is 9.87. The fourth-order valence-electron chi connectivity index (χ4n) is 3.61. The third-order valence-corrected chi connectivity index (χ3v) is 5.09. The Kier molecular flexibility index (Phi) is 6.24. The van der Waals surface area contributed by atoms with E-state index in [0.29, 0.717) is 25.4 Å². The van der Waals surface area contributed by atoms with Crippen LogP contribution in [0.3, 0.4) is 0 Å². The van der Waals surface area contributed by atoms with Gasteiger partial charge in [-0.3, -0.25) is 9.59 Å². The molecule has 1 saturated carbocycles. The van der Waals surface area contributed by atoms with Crippen LogP contribution in [0.2, 0.25) is 0 Å². The Hall–Kier alpha value is -1.10. The summed E-state index contributed by atoms with van der Waals surface area (Å²) >= 11 is 0. The second-order valence-corrected chi connectivity index (χ2v) is 7.05. The highest BCUT2D eigenvalue weighted by Crippen LogP contribution is 2.31. The fraction of sp³-hybridized carbons (Fsp3) is 0.882. The van der Waals surface area contributed by atoms with Crippen LogP contribution in [0.4, 0.5) is 0 Å². The molecule has 2 amide bonds. The van der Waals surface area contributed by atoms with Crippen molar-refractivity contribution in [1.29, 1.82) is 0 Å². The van der Waals surface area contributed by atoms with Crippen LogP contribution in [0.25, 0.3) is 0 Å². The Morgan fingerprint density at radius 3 is 2.68 bits per heavy atom. The Morgan fingerprint density at radius 2 is 2.05 bits per heavy atom. The topological polar surface area (TPSA) is 69.6 Å². The lowest BCUT2D eigenvalue weighted by Crippen LogP contribution is -2.41. The van der Waals surface area contributed by atoms with E-state index in [1.807, 2.05) is 11.8 Å². The van der Waals surface area contributed by atoms with Crippen LogP contribution < -0.4 is 5.32 Å². The zero-order chi connectivity index (χ0) is 16.1. The van der Waals surface area contributed by atoms with Crippen LogP contribution in [-0.2, 0) is 9.59 Å². The highest BCUT2D eigenvalue weighted by atomic mass is 16.3. The van der Waals surface area contributed by atoms with E-state index in [0.717, 1.165) is 25.2 Å². The van der Waals surface area contributed by atoms with Crippen molar-refractivity contribution in [2.75, 3.05) is 13.1 Å². The molecule has 2 aliphatic rings. The number of amides is 2. The SMILES string of the molecule is CCCC(O)CNC(=O)C1CC(=O)N(C2CCC(C)CC2)C1. The molecule has 0 radical (unpaired) electrons. The summed E-state index contributed by atoms with van der Waals surface area (Å²) in [5.74, 6) is 0.540. The van der Waals surface area contributed by atoms with E-state index in [1.165, 1.54) is 12.8 Å². The van der Waals surface area contributed by atoms with E-state index in [1.54, 1.807) is 0 Å². The summed E-state index contributed by atoms with van der Waals surface area (Å²) in [6.45, 7) is 5.11. The molecule has 1 saturated heterocycles. The fourth-order valence-corrected chi connectivity index (χ4v) is 3.61. The van der Waals surface area contributed by atoms with Gasteiger partial charge in [0.15, 0.2) is 0 Å². The number of carbonyl (C=O) groups is 2. The molecule has 1 aliphatic carbocycles. The van der Waals surface area contributed by atoms with E-state index in [-0.39, 0.29) is 24.3 Å². The average molecular weight is 310 g/mol. The first-order valence-corrected chi connectivity index (χ1v) is 8.76. The molecule has 2 rings (SSSR count). The van der Waals surface area contributed by atoms with Gasteiger partial charge >= 0.3 is 0 Å². The average Bonchev–Trinajstić information content (AvgIpc) is 2.88. The number of nitrogens with one attached hydrogen (secondary N) is 1. The van der Waals surface area contributed by atoms with E-state index in [4.69, 9.17) is 0 Å². The quantitative estimate of drug-likeness (QED) is 0.784. The van der Waals surface area contributed by atoms with Gasteiger partial charge in [-0.2, -0.15) is 0 Å². The third-order valence-electron chi connectivity index (χ3n) is 5.09. The normalized spacial score (nSPS) is 30.4. The molecule has 0 aromatic heterocycles. The van der Waals surface area contributed by atoms with Crippen LogP contribution in [0.5, 0.6) is 0 Å². The second kappa shape index (κ2) is 7.95. The van der Waals surface area contributed by atoms with Crippen molar-refractivity contribution in [3.8, 4) is 0 Å². The zero-order valence-corrected chi connectivity index (χ0v) is 13.9. The van der Waals surface area contributed by atoms with Crippen molar-refractivity contribution in [3.05, 3.63) is 0 Å². The summed E-state index contributed by atoms with van der Waals surface area (Å²) in [4.78, 5) is 26.3. The molecule has 5 nitrogen and oxygen atoms in total. The van der Waals surface area contributed by atoms with E-state index >= 15 is 0 Å². The van der Waals surface area contributed by atoms with Gasteiger partial charge in [-0.15, -0.1) is 0 Å². The molecule has 22 heavy (non-hydrogen) atoms. The van der Waals surface area contributed by atoms with E-state index in [2.05, 4.69) is 12.2 Å². The van der Waals surface area contributed by atoms with Crippen molar-refractivity contribution < 1.29 is 14.7 Å². The molecule has 2 atom stereocenters. The van der Waals surface area contributed by atoms with Gasteiger partial charge in [-0.25, -0.2) is 0 Å². The van der Waals surface area contributed by atoms with Gasteiger partial charge in [0.05, 0.1) is 12.0 Å². The number of rotatable bonds is 6. The minimum atomic E-state index is -0.484. The summed E-state index contributed by atoms with van der Waals surface area (Å²) < 4.78 is 0. The summed E-state index contributed by atoms with van der Waals surface area (Å²) in [7, 11) is 0. The second-order valence-electron chi connectivity index (χ2n) is 7.05. The zero-order valence-electron chi connectivity index (χ0n) is 13.9. The molecule has 0 bridgehead atoms. The smallest absolute Gasteiger partial charge is 0.225 e. The maximum atomic E-state index is 12.2. The Bertz CT molecular complexity index is 391. The molecule has 0 aromatic carbocycles. The number of hydrogen-bond acceptors (Lipinski definition) is 3. The molecule has 5 heteroatoms. The first-order valence-electron chi connectivity index (χ1n) is 8.76. The van der Waals surface area contributed by atoms with Gasteiger partial charge in [0.1, 0.15) is 0 Å². The summed E-state index contributed by atoms with van der Waals surface area (Å²) in [6.07, 6.45) is 5.91. The first kappa shape index (κ1) is 17.3. The summed E-state index contributed by atoms with van der Waals surface area (Å²) in [5, 5.41) is 12.5. The van der Waals surface area contributed by atoms with Crippen LogP contribution in [0.1, 0.15) is 58.8 Å². The van der Waals surface area contributed by atoms with Gasteiger partial charge in [-0.1, -0.05) is 20.3 Å². The molecule has 1 aliphatic heterocycles. The summed E-state index contributed by atoms with van der Waals surface area (Å²) in [5.41, 5.74) is 0. The van der Waals surface area contributed by atoms with Crippen LogP contribution in [0.15, 0.2) is 0 Å². The van der Waals surface area contributed by atoms with Crippen molar-refractivity contribution in [1.82, 2.24) is 10.2 Å². The number of nitrogens with zero attached hydrogens (tertiary/aromatic N) is 1. The molecule has 0 spiro atoms. The van der Waals surface area contributed by atoms with Crippen LogP contribution in [-0.4, -0.2) is 47.1 Å². The number of aliphatic hydroxyl groups is 1. The molecular formula is C17H30N2O3. The lowest BCUT2D eigenvalue weighted by molar-refractivity contribution is -0.131. The maximum Gasteiger partial charge on any atom is 0.225 e. The van der Waals surface area contributed by atoms with Crippen molar-refractivity contribution >= 4 is 11.8 Å². The highest BCUT2D eigenvalue weighted by Gasteiger charge is 2.38. The van der Waals surface area contributed by atoms with Gasteiger partial charge < -0.3 is 15.3 Å². The predicted octanol–water partition coefficient (Wildman–Crippen LogP) is 1.69. The molecule has 0 aromatic rings. The number of hydrogen-bond donors (Lipinski definition) is 2. The largest absolute Gasteiger partial charge is 0.391 e. The van der Waals surface area contributed by atoms with Crippen LogP contribution >= 0.6 is 0 Å². The molecule has 2 unspecified atom stereocenters. The lowest BCUT2D eigenvalue weighted by Gasteiger charge is -2.33.